The van der Waals surface area contributed by atoms with Crippen LogP contribution in [0.2, 0.25) is 0 Å². The molecule has 0 unspecified atom stereocenters. The largest absolute Gasteiger partial charge is 0.493 e. The molecule has 0 aliphatic carbocycles. The van der Waals surface area contributed by atoms with Crippen molar-refractivity contribution in [2.45, 2.75) is 38.6 Å². The van der Waals surface area contributed by atoms with Gasteiger partial charge in [0.05, 0.1) is 35.5 Å². The quantitative estimate of drug-likeness (QED) is 0.528. The number of hydrogen-bond acceptors (Lipinski definition) is 5. The van der Waals surface area contributed by atoms with Gasteiger partial charge in [0.25, 0.3) is 0 Å². The third kappa shape index (κ3) is 4.67. The number of piperidine rings is 1. The van der Waals surface area contributed by atoms with E-state index in [0.29, 0.717) is 18.0 Å². The van der Waals surface area contributed by atoms with Crippen LogP contribution in [0, 0.1) is 5.92 Å². The summed E-state index contributed by atoms with van der Waals surface area (Å²) in [5, 5.41) is 4.39. The van der Waals surface area contributed by atoms with Crippen molar-refractivity contribution < 1.29 is 14.3 Å². The lowest BCUT2D eigenvalue weighted by Gasteiger charge is -2.34. The molecule has 1 aliphatic rings. The number of ether oxygens (including phenoxy) is 2. The fourth-order valence-corrected chi connectivity index (χ4v) is 5.43. The highest BCUT2D eigenvalue weighted by Crippen LogP contribution is 2.34. The number of carbonyl (C=O) groups excluding carboxylic acids is 1. The predicted molar refractivity (Wildman–Crippen MR) is 129 cm³/mol. The topological polar surface area (TPSA) is 63.7 Å². The molecule has 2 amide bonds. The molecule has 1 fully saturated rings. The average molecular weight is 454 g/mol. The SMILES string of the molecule is COc1ccc([C@H](NC(=O)N2CCC[C@H](c3nc4ccccc4s3)C2)C(C)C)cc1OC. The van der Waals surface area contributed by atoms with Crippen molar-refractivity contribution in [3.63, 3.8) is 0 Å². The Morgan fingerprint density at radius 2 is 1.94 bits per heavy atom. The molecule has 1 aromatic heterocycles. The molecule has 2 aromatic carbocycles. The molecule has 0 radical (unpaired) electrons. The minimum atomic E-state index is -0.120. The molecule has 32 heavy (non-hydrogen) atoms. The number of para-hydroxylation sites is 1. The number of thiazole rings is 1. The number of methoxy groups -OCH3 is 2. The van der Waals surface area contributed by atoms with Crippen molar-refractivity contribution in [3.8, 4) is 11.5 Å². The smallest absolute Gasteiger partial charge is 0.317 e. The summed E-state index contributed by atoms with van der Waals surface area (Å²) in [6.45, 7) is 5.69. The second-order valence-electron chi connectivity index (χ2n) is 8.59. The molecule has 7 heteroatoms. The molecular formula is C25H31N3O3S. The van der Waals surface area contributed by atoms with Gasteiger partial charge in [0, 0.05) is 19.0 Å². The van der Waals surface area contributed by atoms with Gasteiger partial charge in [-0.25, -0.2) is 9.78 Å². The van der Waals surface area contributed by atoms with Crippen molar-refractivity contribution in [1.82, 2.24) is 15.2 Å². The van der Waals surface area contributed by atoms with E-state index in [4.69, 9.17) is 14.5 Å². The summed E-state index contributed by atoms with van der Waals surface area (Å²) in [4.78, 5) is 20.0. The zero-order chi connectivity index (χ0) is 22.7. The monoisotopic (exact) mass is 453 g/mol. The number of urea groups is 1. The minimum absolute atomic E-state index is 0.0238. The Kier molecular flexibility index (Phi) is 6.84. The summed E-state index contributed by atoms with van der Waals surface area (Å²) in [6, 6.07) is 13.9. The molecular weight excluding hydrogens is 422 g/mol. The van der Waals surface area contributed by atoms with Gasteiger partial charge in [0.2, 0.25) is 0 Å². The number of hydrogen-bond donors (Lipinski definition) is 1. The number of fused-ring (bicyclic) bond motifs is 1. The molecule has 2 atom stereocenters. The first-order chi connectivity index (χ1) is 15.5. The molecule has 6 nitrogen and oxygen atoms in total. The Morgan fingerprint density at radius 1 is 1.16 bits per heavy atom. The van der Waals surface area contributed by atoms with E-state index in [-0.39, 0.29) is 23.9 Å². The predicted octanol–water partition coefficient (Wildman–Crippen LogP) is 5.60. The summed E-state index contributed by atoms with van der Waals surface area (Å²) >= 11 is 1.75. The van der Waals surface area contributed by atoms with Crippen LogP contribution in [-0.2, 0) is 0 Å². The first-order valence-corrected chi connectivity index (χ1v) is 11.9. The second kappa shape index (κ2) is 9.77. The fraction of sp³-hybridized carbons (Fsp3) is 0.440. The number of carbonyl (C=O) groups is 1. The lowest BCUT2D eigenvalue weighted by molar-refractivity contribution is 0.172. The van der Waals surface area contributed by atoms with E-state index in [9.17, 15) is 4.79 Å². The van der Waals surface area contributed by atoms with Gasteiger partial charge in [-0.2, -0.15) is 0 Å². The van der Waals surface area contributed by atoms with E-state index in [1.807, 2.05) is 35.2 Å². The standard InChI is InChI=1S/C25H31N3O3S/c1-16(2)23(17-11-12-20(30-3)21(14-17)31-4)27-25(29)28-13-7-8-18(15-28)24-26-19-9-5-6-10-22(19)32-24/h5-6,9-12,14,16,18,23H,7-8,13,15H2,1-4H3,(H,27,29)/t18-,23+/m0/s1. The molecule has 3 aromatic rings. The van der Waals surface area contributed by atoms with Crippen LogP contribution < -0.4 is 14.8 Å². The third-order valence-electron chi connectivity index (χ3n) is 6.08. The van der Waals surface area contributed by atoms with Gasteiger partial charge in [-0.3, -0.25) is 0 Å². The Bertz CT molecular complexity index is 1050. The van der Waals surface area contributed by atoms with Crippen molar-refractivity contribution in [1.29, 1.82) is 0 Å². The maximum atomic E-state index is 13.3. The molecule has 1 saturated heterocycles. The van der Waals surface area contributed by atoms with Crippen molar-refractivity contribution in [2.24, 2.45) is 5.92 Å². The Balaban J connectivity index is 1.48. The van der Waals surface area contributed by atoms with Gasteiger partial charge in [0.15, 0.2) is 11.5 Å². The highest BCUT2D eigenvalue weighted by Gasteiger charge is 2.29. The van der Waals surface area contributed by atoms with Crippen LogP contribution in [0.3, 0.4) is 0 Å². The van der Waals surface area contributed by atoms with Gasteiger partial charge in [-0.05, 0) is 48.6 Å². The van der Waals surface area contributed by atoms with E-state index in [1.165, 1.54) is 4.70 Å². The van der Waals surface area contributed by atoms with Crippen molar-refractivity contribution >= 4 is 27.6 Å². The number of nitrogens with one attached hydrogen (secondary N) is 1. The lowest BCUT2D eigenvalue weighted by Crippen LogP contribution is -2.46. The van der Waals surface area contributed by atoms with E-state index >= 15 is 0 Å². The summed E-state index contributed by atoms with van der Waals surface area (Å²) < 4.78 is 12.0. The summed E-state index contributed by atoms with van der Waals surface area (Å²) in [5.74, 6) is 1.85. The molecule has 4 rings (SSSR count). The molecule has 0 spiro atoms. The van der Waals surface area contributed by atoms with Crippen LogP contribution in [0.25, 0.3) is 10.2 Å². The molecule has 1 N–H and O–H groups in total. The van der Waals surface area contributed by atoms with Crippen LogP contribution in [0.5, 0.6) is 11.5 Å². The molecule has 170 valence electrons. The number of benzene rings is 2. The van der Waals surface area contributed by atoms with Gasteiger partial charge in [-0.1, -0.05) is 32.0 Å². The number of aromatic nitrogens is 1. The maximum Gasteiger partial charge on any atom is 0.317 e. The van der Waals surface area contributed by atoms with E-state index in [2.05, 4.69) is 31.3 Å². The van der Waals surface area contributed by atoms with Crippen LogP contribution in [-0.4, -0.2) is 43.2 Å². The molecule has 2 heterocycles. The van der Waals surface area contributed by atoms with Gasteiger partial charge < -0.3 is 19.7 Å². The zero-order valence-corrected chi connectivity index (χ0v) is 19.9. The minimum Gasteiger partial charge on any atom is -0.493 e. The molecule has 0 bridgehead atoms. The molecule has 0 saturated carbocycles. The second-order valence-corrected chi connectivity index (χ2v) is 9.65. The first kappa shape index (κ1) is 22.4. The Labute approximate surface area is 193 Å². The van der Waals surface area contributed by atoms with E-state index in [0.717, 1.165) is 35.5 Å². The van der Waals surface area contributed by atoms with Gasteiger partial charge in [0.1, 0.15) is 0 Å². The number of likely N-dealkylation sites (tertiary alicyclic amines) is 1. The van der Waals surface area contributed by atoms with Gasteiger partial charge in [-0.15, -0.1) is 11.3 Å². The maximum absolute atomic E-state index is 13.3. The Hall–Kier alpha value is -2.80. The van der Waals surface area contributed by atoms with E-state index in [1.54, 1.807) is 25.6 Å². The van der Waals surface area contributed by atoms with Crippen LogP contribution in [0.4, 0.5) is 4.79 Å². The van der Waals surface area contributed by atoms with Crippen LogP contribution in [0.1, 0.15) is 49.2 Å². The zero-order valence-electron chi connectivity index (χ0n) is 19.1. The fourth-order valence-electron chi connectivity index (χ4n) is 4.33. The first-order valence-electron chi connectivity index (χ1n) is 11.1. The summed E-state index contributed by atoms with van der Waals surface area (Å²) in [7, 11) is 3.25. The van der Waals surface area contributed by atoms with Gasteiger partial charge >= 0.3 is 6.03 Å². The molecule has 1 aliphatic heterocycles. The average Bonchev–Trinajstić information content (AvgIpc) is 3.26. The summed E-state index contributed by atoms with van der Waals surface area (Å²) in [5.41, 5.74) is 2.05. The highest BCUT2D eigenvalue weighted by molar-refractivity contribution is 7.18. The Morgan fingerprint density at radius 3 is 2.66 bits per heavy atom. The lowest BCUT2D eigenvalue weighted by atomic mass is 9.95. The normalized spacial score (nSPS) is 17.4. The van der Waals surface area contributed by atoms with Crippen molar-refractivity contribution in [2.75, 3.05) is 27.3 Å². The summed E-state index contributed by atoms with van der Waals surface area (Å²) in [6.07, 6.45) is 2.05. The highest BCUT2D eigenvalue weighted by atomic mass is 32.1. The number of rotatable bonds is 6. The van der Waals surface area contributed by atoms with Crippen LogP contribution >= 0.6 is 11.3 Å². The third-order valence-corrected chi connectivity index (χ3v) is 7.28. The van der Waals surface area contributed by atoms with Crippen LogP contribution in [0.15, 0.2) is 42.5 Å². The number of amides is 2. The van der Waals surface area contributed by atoms with E-state index < -0.39 is 0 Å². The van der Waals surface area contributed by atoms with Crippen molar-refractivity contribution in [3.05, 3.63) is 53.0 Å². The number of nitrogens with zero attached hydrogens (tertiary/aromatic N) is 2.